The summed E-state index contributed by atoms with van der Waals surface area (Å²) in [6, 6.07) is 6.01. The van der Waals surface area contributed by atoms with E-state index < -0.39 is 38.4 Å². The van der Waals surface area contributed by atoms with Gasteiger partial charge in [0.2, 0.25) is 0 Å². The van der Waals surface area contributed by atoms with Gasteiger partial charge in [0.25, 0.3) is 21.8 Å². The number of imide groups is 1. The highest BCUT2D eigenvalue weighted by molar-refractivity contribution is 7.92. The molecule has 0 atom stereocenters. The van der Waals surface area contributed by atoms with Crippen molar-refractivity contribution in [3.05, 3.63) is 59.2 Å². The minimum atomic E-state index is -4.18. The van der Waals surface area contributed by atoms with Crippen LogP contribution in [0.1, 0.15) is 20.7 Å². The normalized spacial score (nSPS) is 14.0. The lowest BCUT2D eigenvalue weighted by Crippen LogP contribution is -2.24. The van der Waals surface area contributed by atoms with Crippen LogP contribution in [0.2, 0.25) is 0 Å². The van der Waals surface area contributed by atoms with Crippen LogP contribution in [-0.4, -0.2) is 32.2 Å². The number of fused-ring (bicyclic) bond motifs is 1. The van der Waals surface area contributed by atoms with Crippen molar-refractivity contribution in [3.63, 3.8) is 0 Å². The van der Waals surface area contributed by atoms with Gasteiger partial charge in [0.05, 0.1) is 16.0 Å². The van der Waals surface area contributed by atoms with E-state index in [1.165, 1.54) is 25.2 Å². The molecule has 9 heteroatoms. The number of carbonyl (C=O) groups excluding carboxylic acids is 2. The largest absolute Gasteiger partial charge is 0.280 e. The molecular weight excluding hydrogens is 342 g/mol. The van der Waals surface area contributed by atoms with Crippen LogP contribution in [0, 0.1) is 11.6 Å². The van der Waals surface area contributed by atoms with Gasteiger partial charge in [-0.25, -0.2) is 17.2 Å². The zero-order chi connectivity index (χ0) is 17.6. The summed E-state index contributed by atoms with van der Waals surface area (Å²) in [4.78, 5) is 24.1. The third kappa shape index (κ3) is 2.52. The Morgan fingerprint density at radius 3 is 2.25 bits per heavy atom. The SMILES string of the molecule is CN1C(=O)c2ccc(NS(=O)(=O)c3ccc(F)c(F)c3)cc2C1=O. The number of carbonyl (C=O) groups is 2. The first kappa shape index (κ1) is 16.1. The summed E-state index contributed by atoms with van der Waals surface area (Å²) in [6.45, 7) is 0. The number of rotatable bonds is 3. The van der Waals surface area contributed by atoms with E-state index in [9.17, 15) is 26.8 Å². The van der Waals surface area contributed by atoms with Crippen molar-refractivity contribution in [2.75, 3.05) is 11.8 Å². The summed E-state index contributed by atoms with van der Waals surface area (Å²) in [5, 5.41) is 0. The number of hydrogen-bond donors (Lipinski definition) is 1. The fraction of sp³-hybridized carbons (Fsp3) is 0.0667. The molecule has 0 fully saturated rings. The van der Waals surface area contributed by atoms with Gasteiger partial charge in [-0.1, -0.05) is 0 Å². The summed E-state index contributed by atoms with van der Waals surface area (Å²) in [5.74, 6) is -3.50. The summed E-state index contributed by atoms with van der Waals surface area (Å²) in [5.41, 5.74) is 0.251. The molecule has 1 heterocycles. The Morgan fingerprint density at radius 2 is 1.58 bits per heavy atom. The fourth-order valence-corrected chi connectivity index (χ4v) is 3.34. The molecule has 0 bridgehead atoms. The van der Waals surface area contributed by atoms with Crippen molar-refractivity contribution in [2.45, 2.75) is 4.90 Å². The van der Waals surface area contributed by atoms with E-state index in [2.05, 4.69) is 4.72 Å². The van der Waals surface area contributed by atoms with Gasteiger partial charge < -0.3 is 0 Å². The van der Waals surface area contributed by atoms with Crippen LogP contribution in [0.4, 0.5) is 14.5 Å². The first-order valence-electron chi connectivity index (χ1n) is 6.65. The van der Waals surface area contributed by atoms with Crippen molar-refractivity contribution < 1.29 is 26.8 Å². The van der Waals surface area contributed by atoms with Crippen LogP contribution >= 0.6 is 0 Å². The highest BCUT2D eigenvalue weighted by Crippen LogP contribution is 2.26. The van der Waals surface area contributed by atoms with Crippen molar-refractivity contribution >= 4 is 27.5 Å². The fourth-order valence-electron chi connectivity index (χ4n) is 2.28. The second-order valence-corrected chi connectivity index (χ2v) is 6.79. The molecule has 124 valence electrons. The van der Waals surface area contributed by atoms with Gasteiger partial charge in [-0.2, -0.15) is 0 Å². The molecule has 6 nitrogen and oxygen atoms in total. The van der Waals surface area contributed by atoms with Gasteiger partial charge in [-0.3, -0.25) is 19.2 Å². The number of amides is 2. The Labute approximate surface area is 135 Å². The molecular formula is C15H10F2N2O4S. The zero-order valence-corrected chi connectivity index (χ0v) is 13.0. The average Bonchev–Trinajstić information content (AvgIpc) is 2.74. The lowest BCUT2D eigenvalue weighted by molar-refractivity contribution is 0.0693. The van der Waals surface area contributed by atoms with Crippen molar-refractivity contribution in [1.29, 1.82) is 0 Å². The average molecular weight is 352 g/mol. The van der Waals surface area contributed by atoms with E-state index in [-0.39, 0.29) is 16.8 Å². The molecule has 0 aliphatic carbocycles. The smallest absolute Gasteiger partial charge is 0.261 e. The molecule has 0 spiro atoms. The summed E-state index contributed by atoms with van der Waals surface area (Å²) >= 11 is 0. The molecule has 1 N–H and O–H groups in total. The predicted molar refractivity (Wildman–Crippen MR) is 80.0 cm³/mol. The molecule has 2 aromatic rings. The van der Waals surface area contributed by atoms with Crippen LogP contribution in [0.15, 0.2) is 41.3 Å². The van der Waals surface area contributed by atoms with Crippen LogP contribution in [0.3, 0.4) is 0 Å². The molecule has 1 aliphatic rings. The maximum Gasteiger partial charge on any atom is 0.261 e. The molecule has 2 aromatic carbocycles. The Kier molecular flexibility index (Phi) is 3.60. The number of benzene rings is 2. The van der Waals surface area contributed by atoms with Gasteiger partial charge in [-0.15, -0.1) is 0 Å². The van der Waals surface area contributed by atoms with E-state index in [0.717, 1.165) is 11.0 Å². The minimum Gasteiger partial charge on any atom is -0.280 e. The Bertz CT molecular complexity index is 989. The Balaban J connectivity index is 1.96. The molecule has 0 aromatic heterocycles. The number of halogens is 2. The van der Waals surface area contributed by atoms with E-state index in [1.807, 2.05) is 0 Å². The number of anilines is 1. The number of nitrogens with zero attached hydrogens (tertiary/aromatic N) is 1. The highest BCUT2D eigenvalue weighted by Gasteiger charge is 2.33. The van der Waals surface area contributed by atoms with Crippen molar-refractivity contribution in [1.82, 2.24) is 4.90 Å². The number of nitrogens with one attached hydrogen (secondary N) is 1. The second kappa shape index (κ2) is 5.38. The van der Waals surface area contributed by atoms with Crippen LogP contribution in [0.25, 0.3) is 0 Å². The van der Waals surface area contributed by atoms with E-state index in [1.54, 1.807) is 0 Å². The maximum atomic E-state index is 13.2. The van der Waals surface area contributed by atoms with Crippen molar-refractivity contribution in [2.24, 2.45) is 0 Å². The Hall–Kier alpha value is -2.81. The molecule has 3 rings (SSSR count). The highest BCUT2D eigenvalue weighted by atomic mass is 32.2. The number of hydrogen-bond acceptors (Lipinski definition) is 4. The van der Waals surface area contributed by atoms with Gasteiger partial charge in [0.15, 0.2) is 11.6 Å². The zero-order valence-electron chi connectivity index (χ0n) is 12.2. The molecule has 1 aliphatic heterocycles. The van der Waals surface area contributed by atoms with E-state index >= 15 is 0 Å². The lowest BCUT2D eigenvalue weighted by Gasteiger charge is -2.09. The first-order chi connectivity index (χ1) is 11.2. The Morgan fingerprint density at radius 1 is 0.917 bits per heavy atom. The molecule has 0 unspecified atom stereocenters. The maximum absolute atomic E-state index is 13.2. The molecule has 0 saturated heterocycles. The molecule has 0 radical (unpaired) electrons. The van der Waals surface area contributed by atoms with Gasteiger partial charge in [-0.05, 0) is 36.4 Å². The summed E-state index contributed by atoms with van der Waals surface area (Å²) < 4.78 is 52.7. The van der Waals surface area contributed by atoms with Crippen LogP contribution < -0.4 is 4.72 Å². The summed E-state index contributed by atoms with van der Waals surface area (Å²) in [7, 11) is -2.87. The molecule has 2 amide bonds. The number of sulfonamides is 1. The molecule has 24 heavy (non-hydrogen) atoms. The predicted octanol–water partition coefficient (Wildman–Crippen LogP) is 1.99. The monoisotopic (exact) mass is 352 g/mol. The standard InChI is InChI=1S/C15H10F2N2O4S/c1-19-14(20)10-4-2-8(6-11(10)15(19)21)18-24(22,23)9-3-5-12(16)13(17)7-9/h2-7,18H,1H3. The molecule has 0 saturated carbocycles. The van der Waals surface area contributed by atoms with E-state index in [4.69, 9.17) is 0 Å². The third-order valence-corrected chi connectivity index (χ3v) is 4.92. The second-order valence-electron chi connectivity index (χ2n) is 5.11. The van der Waals surface area contributed by atoms with Gasteiger partial charge in [0.1, 0.15) is 0 Å². The quantitative estimate of drug-likeness (QED) is 0.857. The first-order valence-corrected chi connectivity index (χ1v) is 8.13. The topological polar surface area (TPSA) is 83.6 Å². The third-order valence-electron chi connectivity index (χ3n) is 3.54. The van der Waals surface area contributed by atoms with E-state index in [0.29, 0.717) is 12.1 Å². The van der Waals surface area contributed by atoms with Crippen molar-refractivity contribution in [3.8, 4) is 0 Å². The minimum absolute atomic E-state index is 0.0231. The lowest BCUT2D eigenvalue weighted by atomic mass is 10.1. The van der Waals surface area contributed by atoms with Crippen LogP contribution in [0.5, 0.6) is 0 Å². The summed E-state index contributed by atoms with van der Waals surface area (Å²) in [6.07, 6.45) is 0. The van der Waals surface area contributed by atoms with Gasteiger partial charge >= 0.3 is 0 Å². The van der Waals surface area contributed by atoms with Crippen LogP contribution in [-0.2, 0) is 10.0 Å². The van der Waals surface area contributed by atoms with Gasteiger partial charge in [0, 0.05) is 12.7 Å².